The number of nitrogens with two attached hydrogens (primary N) is 1. The molecule has 1 heterocycles. The van der Waals surface area contributed by atoms with Gasteiger partial charge in [0.15, 0.2) is 0 Å². The van der Waals surface area contributed by atoms with Crippen molar-refractivity contribution >= 4 is 29.1 Å². The van der Waals surface area contributed by atoms with Gasteiger partial charge in [0.2, 0.25) is 11.8 Å². The van der Waals surface area contributed by atoms with Crippen LogP contribution >= 0.6 is 23.2 Å². The van der Waals surface area contributed by atoms with Crippen molar-refractivity contribution in [3.05, 3.63) is 22.3 Å². The molecule has 112 valence electrons. The van der Waals surface area contributed by atoms with E-state index >= 15 is 0 Å². The third-order valence-corrected chi connectivity index (χ3v) is 3.45. The first-order valence-electron chi connectivity index (χ1n) is 6.42. The molecule has 5 nitrogen and oxygen atoms in total. The van der Waals surface area contributed by atoms with E-state index in [-0.39, 0.29) is 24.3 Å². The Morgan fingerprint density at radius 1 is 1.55 bits per heavy atom. The topological polar surface area (TPSA) is 77.2 Å². The van der Waals surface area contributed by atoms with Gasteiger partial charge in [-0.15, -0.1) is 0 Å². The Hall–Kier alpha value is -1.04. The first-order chi connectivity index (χ1) is 9.45. The van der Waals surface area contributed by atoms with E-state index in [4.69, 9.17) is 33.7 Å². The third kappa shape index (κ3) is 5.15. The Kier molecular flexibility index (Phi) is 7.05. The fraction of sp³-hybridized carbons (Fsp3) is 0.538. The highest BCUT2D eigenvalue weighted by atomic mass is 35.5. The summed E-state index contributed by atoms with van der Waals surface area (Å²) in [6, 6.07) is 1.04. The average molecular weight is 320 g/mol. The van der Waals surface area contributed by atoms with E-state index in [0.717, 1.165) is 6.42 Å². The normalized spacial score (nSPS) is 13.7. The van der Waals surface area contributed by atoms with Crippen molar-refractivity contribution in [1.29, 1.82) is 0 Å². The molecule has 2 unspecified atom stereocenters. The molecule has 0 bridgehead atoms. The highest BCUT2D eigenvalue weighted by molar-refractivity contribution is 6.35. The molecule has 0 aliphatic carbocycles. The van der Waals surface area contributed by atoms with E-state index in [9.17, 15) is 4.79 Å². The van der Waals surface area contributed by atoms with Crippen molar-refractivity contribution in [1.82, 2.24) is 10.3 Å². The Balaban J connectivity index is 2.33. The summed E-state index contributed by atoms with van der Waals surface area (Å²) in [6.45, 7) is 4.53. The molecule has 7 heteroatoms. The molecule has 2 atom stereocenters. The maximum absolute atomic E-state index is 11.7. The molecule has 20 heavy (non-hydrogen) atoms. The molecule has 1 amide bonds. The maximum Gasteiger partial charge on any atom is 0.237 e. The highest BCUT2D eigenvalue weighted by Gasteiger charge is 2.18. The fourth-order valence-corrected chi connectivity index (χ4v) is 1.90. The molecular formula is C13H19Cl2N3O2. The predicted octanol–water partition coefficient (Wildman–Crippen LogP) is 2.26. The number of halogens is 2. The number of pyridine rings is 1. The molecule has 0 saturated carbocycles. The van der Waals surface area contributed by atoms with Gasteiger partial charge in [-0.05, 0) is 12.0 Å². The lowest BCUT2D eigenvalue weighted by Gasteiger charge is -2.17. The van der Waals surface area contributed by atoms with Gasteiger partial charge < -0.3 is 15.8 Å². The molecule has 0 fully saturated rings. The summed E-state index contributed by atoms with van der Waals surface area (Å²) < 4.78 is 5.35. The van der Waals surface area contributed by atoms with Gasteiger partial charge in [-0.25, -0.2) is 4.98 Å². The van der Waals surface area contributed by atoms with Crippen molar-refractivity contribution in [3.8, 4) is 5.88 Å². The molecule has 0 radical (unpaired) electrons. The standard InChI is InChI=1S/C13H19Cl2N3O2/c1-3-8(2)11(16)12(19)17-4-5-20-13-10(15)6-9(14)7-18-13/h6-8,11H,3-5,16H2,1-2H3,(H,17,19). The quantitative estimate of drug-likeness (QED) is 0.756. The molecule has 0 aliphatic heterocycles. The van der Waals surface area contributed by atoms with Gasteiger partial charge in [0, 0.05) is 6.20 Å². The minimum Gasteiger partial charge on any atom is -0.475 e. The van der Waals surface area contributed by atoms with E-state index in [1.54, 1.807) is 6.07 Å². The number of amides is 1. The number of rotatable bonds is 7. The predicted molar refractivity (Wildman–Crippen MR) is 80.2 cm³/mol. The van der Waals surface area contributed by atoms with E-state index < -0.39 is 6.04 Å². The minimum atomic E-state index is -0.503. The molecule has 0 spiro atoms. The van der Waals surface area contributed by atoms with Crippen molar-refractivity contribution in [2.24, 2.45) is 11.7 Å². The van der Waals surface area contributed by atoms with Crippen LogP contribution < -0.4 is 15.8 Å². The van der Waals surface area contributed by atoms with Crippen LogP contribution in [0.3, 0.4) is 0 Å². The lowest BCUT2D eigenvalue weighted by Crippen LogP contribution is -2.45. The van der Waals surface area contributed by atoms with E-state index in [1.807, 2.05) is 13.8 Å². The molecule has 1 aromatic rings. The van der Waals surface area contributed by atoms with Gasteiger partial charge in [0.1, 0.15) is 11.6 Å². The second-order valence-corrected chi connectivity index (χ2v) is 5.33. The van der Waals surface area contributed by atoms with Crippen molar-refractivity contribution in [2.45, 2.75) is 26.3 Å². The van der Waals surface area contributed by atoms with Crippen LogP contribution in [0.4, 0.5) is 0 Å². The lowest BCUT2D eigenvalue weighted by molar-refractivity contribution is -0.123. The largest absolute Gasteiger partial charge is 0.475 e. The average Bonchev–Trinajstić information content (AvgIpc) is 2.43. The van der Waals surface area contributed by atoms with Gasteiger partial charge in [-0.1, -0.05) is 43.5 Å². The van der Waals surface area contributed by atoms with E-state index in [2.05, 4.69) is 10.3 Å². The van der Waals surface area contributed by atoms with Crippen LogP contribution in [0.25, 0.3) is 0 Å². The minimum absolute atomic E-state index is 0.142. The number of hydrogen-bond donors (Lipinski definition) is 2. The summed E-state index contributed by atoms with van der Waals surface area (Å²) in [6.07, 6.45) is 2.30. The molecule has 0 aliphatic rings. The first-order valence-corrected chi connectivity index (χ1v) is 7.18. The molecule has 3 N–H and O–H groups in total. The SMILES string of the molecule is CCC(C)C(N)C(=O)NCCOc1ncc(Cl)cc1Cl. The van der Waals surface area contributed by atoms with Crippen LogP contribution in [0, 0.1) is 5.92 Å². The molecular weight excluding hydrogens is 301 g/mol. The van der Waals surface area contributed by atoms with Crippen LogP contribution in [0.15, 0.2) is 12.3 Å². The van der Waals surface area contributed by atoms with E-state index in [1.165, 1.54) is 6.20 Å². The lowest BCUT2D eigenvalue weighted by atomic mass is 9.99. The number of carbonyl (C=O) groups is 1. The number of nitrogens with one attached hydrogen (secondary N) is 1. The third-order valence-electron chi connectivity index (χ3n) is 2.97. The Bertz CT molecular complexity index is 457. The highest BCUT2D eigenvalue weighted by Crippen LogP contribution is 2.24. The monoisotopic (exact) mass is 319 g/mol. The zero-order valence-corrected chi connectivity index (χ0v) is 13.0. The van der Waals surface area contributed by atoms with Crippen LogP contribution in [0.2, 0.25) is 10.0 Å². The second kappa shape index (κ2) is 8.29. The number of ether oxygens (including phenoxy) is 1. The summed E-state index contributed by atoms with van der Waals surface area (Å²) >= 11 is 11.6. The number of carbonyl (C=O) groups excluding carboxylic acids is 1. The summed E-state index contributed by atoms with van der Waals surface area (Å²) in [5.41, 5.74) is 5.80. The van der Waals surface area contributed by atoms with Crippen LogP contribution in [-0.2, 0) is 4.79 Å². The molecule has 0 saturated heterocycles. The van der Waals surface area contributed by atoms with Crippen LogP contribution in [0.1, 0.15) is 20.3 Å². The number of hydrogen-bond acceptors (Lipinski definition) is 4. The summed E-state index contributed by atoms with van der Waals surface area (Å²) in [5, 5.41) is 3.49. The van der Waals surface area contributed by atoms with E-state index in [0.29, 0.717) is 16.6 Å². The van der Waals surface area contributed by atoms with Gasteiger partial charge in [0.05, 0.1) is 17.6 Å². The van der Waals surface area contributed by atoms with Crippen LogP contribution in [0.5, 0.6) is 5.88 Å². The van der Waals surface area contributed by atoms with Gasteiger partial charge in [-0.2, -0.15) is 0 Å². The molecule has 1 rings (SSSR count). The zero-order valence-electron chi connectivity index (χ0n) is 11.5. The first kappa shape index (κ1) is 17.0. The Morgan fingerprint density at radius 2 is 2.25 bits per heavy atom. The Morgan fingerprint density at radius 3 is 2.85 bits per heavy atom. The van der Waals surface area contributed by atoms with Crippen molar-refractivity contribution in [2.75, 3.05) is 13.2 Å². The number of nitrogens with zero attached hydrogens (tertiary/aromatic N) is 1. The number of aromatic nitrogens is 1. The van der Waals surface area contributed by atoms with Crippen molar-refractivity contribution < 1.29 is 9.53 Å². The van der Waals surface area contributed by atoms with Gasteiger partial charge >= 0.3 is 0 Å². The van der Waals surface area contributed by atoms with Gasteiger partial charge in [0.25, 0.3) is 0 Å². The summed E-state index contributed by atoms with van der Waals surface area (Å²) in [5.74, 6) is 0.248. The second-order valence-electron chi connectivity index (χ2n) is 4.49. The molecule has 1 aromatic heterocycles. The van der Waals surface area contributed by atoms with Gasteiger partial charge in [-0.3, -0.25) is 4.79 Å². The smallest absolute Gasteiger partial charge is 0.237 e. The van der Waals surface area contributed by atoms with Crippen molar-refractivity contribution in [3.63, 3.8) is 0 Å². The molecule has 0 aromatic carbocycles. The van der Waals surface area contributed by atoms with Crippen LogP contribution in [-0.4, -0.2) is 30.1 Å². The zero-order chi connectivity index (χ0) is 15.1. The summed E-state index contributed by atoms with van der Waals surface area (Å²) in [4.78, 5) is 15.7. The Labute approximate surface area is 128 Å². The summed E-state index contributed by atoms with van der Waals surface area (Å²) in [7, 11) is 0. The fourth-order valence-electron chi connectivity index (χ4n) is 1.46. The maximum atomic E-state index is 11.7.